The van der Waals surface area contributed by atoms with E-state index < -0.39 is 5.91 Å². The first-order valence-corrected chi connectivity index (χ1v) is 8.46. The second-order valence-electron chi connectivity index (χ2n) is 5.77. The molecule has 0 unspecified atom stereocenters. The van der Waals surface area contributed by atoms with Crippen LogP contribution in [0.25, 0.3) is 21.5 Å². The van der Waals surface area contributed by atoms with Gasteiger partial charge >= 0.3 is 0 Å². The summed E-state index contributed by atoms with van der Waals surface area (Å²) in [6.07, 6.45) is 3.21. The molecule has 0 fully saturated rings. The molecule has 0 bridgehead atoms. The fraction of sp³-hybridized carbons (Fsp3) is 0. The maximum absolute atomic E-state index is 12.2. The van der Waals surface area contributed by atoms with Crippen LogP contribution in [-0.2, 0) is 0 Å². The minimum Gasteiger partial charge on any atom is -0.267 e. The summed E-state index contributed by atoms with van der Waals surface area (Å²) in [6, 6.07) is 21.6. The van der Waals surface area contributed by atoms with Crippen molar-refractivity contribution in [3.63, 3.8) is 0 Å². The molecule has 4 rings (SSSR count). The number of rotatable bonds is 3. The van der Waals surface area contributed by atoms with Gasteiger partial charge < -0.3 is 0 Å². The van der Waals surface area contributed by atoms with Crippen LogP contribution in [0.15, 0.2) is 78.0 Å². The van der Waals surface area contributed by atoms with Crippen molar-refractivity contribution in [1.29, 1.82) is 0 Å². The number of hydrogen-bond donors (Lipinski definition) is 1. The third-order valence-corrected chi connectivity index (χ3v) is 4.48. The summed E-state index contributed by atoms with van der Waals surface area (Å²) in [6.45, 7) is 0. The zero-order chi connectivity index (χ0) is 17.9. The smallest absolute Gasteiger partial charge is 0.267 e. The standard InChI is InChI=1S/C21H14ClN3O/c22-20-18(10-5-11-23-20)21(26)25-24-13-19-16-8-3-1-6-14(16)12-15-7-2-4-9-17(15)19/h1-13H,(H,25,26). The van der Waals surface area contributed by atoms with Gasteiger partial charge in [-0.05, 0) is 39.7 Å². The van der Waals surface area contributed by atoms with Gasteiger partial charge in [-0.1, -0.05) is 60.1 Å². The van der Waals surface area contributed by atoms with E-state index in [9.17, 15) is 4.79 Å². The number of benzene rings is 3. The van der Waals surface area contributed by atoms with Crippen LogP contribution in [0.2, 0.25) is 5.15 Å². The Morgan fingerprint density at radius 3 is 2.27 bits per heavy atom. The lowest BCUT2D eigenvalue weighted by atomic mass is 9.97. The average molecular weight is 360 g/mol. The van der Waals surface area contributed by atoms with E-state index in [0.29, 0.717) is 0 Å². The highest BCUT2D eigenvalue weighted by Crippen LogP contribution is 2.27. The Kier molecular flexibility index (Phi) is 4.33. The SMILES string of the molecule is O=C(NN=Cc1c2ccccc2cc2ccccc12)c1cccnc1Cl. The van der Waals surface area contributed by atoms with Gasteiger partial charge in [0.05, 0.1) is 11.8 Å². The normalized spacial score (nSPS) is 11.3. The molecule has 0 saturated heterocycles. The van der Waals surface area contributed by atoms with Crippen LogP contribution in [0.3, 0.4) is 0 Å². The van der Waals surface area contributed by atoms with Crippen molar-refractivity contribution < 1.29 is 4.79 Å². The molecule has 1 aromatic heterocycles. The first-order valence-electron chi connectivity index (χ1n) is 8.08. The first-order chi connectivity index (χ1) is 12.7. The molecule has 5 heteroatoms. The van der Waals surface area contributed by atoms with Crippen molar-refractivity contribution in [2.24, 2.45) is 5.10 Å². The lowest BCUT2D eigenvalue weighted by Gasteiger charge is -2.08. The van der Waals surface area contributed by atoms with Gasteiger partial charge in [-0.3, -0.25) is 4.79 Å². The third-order valence-electron chi connectivity index (χ3n) is 4.18. The predicted molar refractivity (Wildman–Crippen MR) is 106 cm³/mol. The van der Waals surface area contributed by atoms with Gasteiger partial charge in [-0.2, -0.15) is 5.10 Å². The summed E-state index contributed by atoms with van der Waals surface area (Å²) in [5.74, 6) is -0.399. The molecule has 126 valence electrons. The van der Waals surface area contributed by atoms with Crippen molar-refractivity contribution in [1.82, 2.24) is 10.4 Å². The van der Waals surface area contributed by atoms with E-state index in [1.807, 2.05) is 36.4 Å². The van der Waals surface area contributed by atoms with Crippen molar-refractivity contribution in [2.75, 3.05) is 0 Å². The molecule has 0 atom stereocenters. The van der Waals surface area contributed by atoms with Crippen LogP contribution < -0.4 is 5.43 Å². The minimum atomic E-state index is -0.399. The predicted octanol–water partition coefficient (Wildman–Crippen LogP) is 4.81. The Balaban J connectivity index is 1.73. The molecule has 0 aliphatic rings. The van der Waals surface area contributed by atoms with Crippen molar-refractivity contribution in [3.8, 4) is 0 Å². The van der Waals surface area contributed by atoms with Crippen LogP contribution in [0.1, 0.15) is 15.9 Å². The molecular formula is C21H14ClN3O. The van der Waals surface area contributed by atoms with Crippen LogP contribution in [0.4, 0.5) is 0 Å². The minimum absolute atomic E-state index is 0.149. The third kappa shape index (κ3) is 3.03. The summed E-state index contributed by atoms with van der Waals surface area (Å²) in [7, 11) is 0. The van der Waals surface area contributed by atoms with Gasteiger partial charge in [0.25, 0.3) is 5.91 Å². The second kappa shape index (κ2) is 6.94. The highest BCUT2D eigenvalue weighted by Gasteiger charge is 2.10. The van der Waals surface area contributed by atoms with Crippen LogP contribution in [-0.4, -0.2) is 17.1 Å². The van der Waals surface area contributed by atoms with E-state index in [1.165, 1.54) is 6.20 Å². The molecular weight excluding hydrogens is 346 g/mol. The number of amides is 1. The summed E-state index contributed by atoms with van der Waals surface area (Å²) in [5, 5.41) is 8.68. The van der Waals surface area contributed by atoms with Gasteiger partial charge in [0.1, 0.15) is 5.15 Å². The Hall–Kier alpha value is -3.24. The number of halogens is 1. The highest BCUT2D eigenvalue weighted by molar-refractivity contribution is 6.32. The molecule has 4 nitrogen and oxygen atoms in total. The van der Waals surface area contributed by atoms with Crippen LogP contribution in [0, 0.1) is 0 Å². The topological polar surface area (TPSA) is 54.4 Å². The van der Waals surface area contributed by atoms with Gasteiger partial charge in [0.15, 0.2) is 0 Å². The molecule has 0 spiro atoms. The van der Waals surface area contributed by atoms with E-state index in [1.54, 1.807) is 18.3 Å². The van der Waals surface area contributed by atoms with E-state index >= 15 is 0 Å². The fourth-order valence-electron chi connectivity index (χ4n) is 2.96. The maximum atomic E-state index is 12.2. The van der Waals surface area contributed by atoms with E-state index in [-0.39, 0.29) is 10.7 Å². The summed E-state index contributed by atoms with van der Waals surface area (Å²) >= 11 is 5.95. The Labute approximate surface area is 155 Å². The fourth-order valence-corrected chi connectivity index (χ4v) is 3.16. The Morgan fingerprint density at radius 2 is 1.62 bits per heavy atom. The van der Waals surface area contributed by atoms with Crippen molar-refractivity contribution in [2.45, 2.75) is 0 Å². The Bertz CT molecular complexity index is 1100. The maximum Gasteiger partial charge on any atom is 0.274 e. The molecule has 0 radical (unpaired) electrons. The van der Waals surface area contributed by atoms with Crippen molar-refractivity contribution in [3.05, 3.63) is 89.2 Å². The van der Waals surface area contributed by atoms with Crippen molar-refractivity contribution >= 4 is 45.3 Å². The number of nitrogens with one attached hydrogen (secondary N) is 1. The van der Waals surface area contributed by atoms with E-state index in [4.69, 9.17) is 11.6 Å². The quantitative estimate of drug-likeness (QED) is 0.247. The zero-order valence-electron chi connectivity index (χ0n) is 13.7. The number of carbonyl (C=O) groups excluding carboxylic acids is 1. The number of aromatic nitrogens is 1. The second-order valence-corrected chi connectivity index (χ2v) is 6.13. The molecule has 1 N–H and O–H groups in total. The van der Waals surface area contributed by atoms with Gasteiger partial charge in [-0.25, -0.2) is 10.4 Å². The van der Waals surface area contributed by atoms with E-state index in [0.717, 1.165) is 27.1 Å². The van der Waals surface area contributed by atoms with Gasteiger partial charge in [0, 0.05) is 11.8 Å². The number of pyridine rings is 1. The highest BCUT2D eigenvalue weighted by atomic mass is 35.5. The number of fused-ring (bicyclic) bond motifs is 2. The molecule has 0 saturated carbocycles. The number of hydrogen-bond acceptors (Lipinski definition) is 3. The largest absolute Gasteiger partial charge is 0.274 e. The number of hydrazone groups is 1. The monoisotopic (exact) mass is 359 g/mol. The lowest BCUT2D eigenvalue weighted by molar-refractivity contribution is 0.0955. The van der Waals surface area contributed by atoms with Gasteiger partial charge in [0.2, 0.25) is 0 Å². The lowest BCUT2D eigenvalue weighted by Crippen LogP contribution is -2.18. The summed E-state index contributed by atoms with van der Waals surface area (Å²) in [5.41, 5.74) is 3.76. The molecule has 3 aromatic carbocycles. The Morgan fingerprint density at radius 1 is 0.962 bits per heavy atom. The van der Waals surface area contributed by atoms with Crippen LogP contribution in [0.5, 0.6) is 0 Å². The summed E-state index contributed by atoms with van der Waals surface area (Å²) in [4.78, 5) is 16.1. The van der Waals surface area contributed by atoms with E-state index in [2.05, 4.69) is 33.7 Å². The molecule has 0 aliphatic carbocycles. The molecule has 1 heterocycles. The molecule has 1 amide bonds. The zero-order valence-corrected chi connectivity index (χ0v) is 14.4. The number of carbonyl (C=O) groups is 1. The molecule has 0 aliphatic heterocycles. The first kappa shape index (κ1) is 16.2. The van der Waals surface area contributed by atoms with Crippen LogP contribution >= 0.6 is 11.6 Å². The summed E-state index contributed by atoms with van der Waals surface area (Å²) < 4.78 is 0. The average Bonchev–Trinajstić information content (AvgIpc) is 2.67. The molecule has 26 heavy (non-hydrogen) atoms. The number of nitrogens with zero attached hydrogens (tertiary/aromatic N) is 2. The van der Waals surface area contributed by atoms with Gasteiger partial charge in [-0.15, -0.1) is 0 Å². The molecule has 4 aromatic rings.